The second-order valence-electron chi connectivity index (χ2n) is 4.12. The van der Waals surface area contributed by atoms with Crippen molar-refractivity contribution in [2.24, 2.45) is 5.73 Å². The summed E-state index contributed by atoms with van der Waals surface area (Å²) in [5, 5.41) is 4.28. The minimum absolute atomic E-state index is 0.141. The van der Waals surface area contributed by atoms with E-state index in [9.17, 15) is 0 Å². The van der Waals surface area contributed by atoms with E-state index in [1.165, 1.54) is 18.5 Å². The van der Waals surface area contributed by atoms with E-state index in [0.717, 1.165) is 23.9 Å². The number of aromatic nitrogens is 2. The van der Waals surface area contributed by atoms with Gasteiger partial charge in [0.15, 0.2) is 0 Å². The molecule has 0 radical (unpaired) electrons. The van der Waals surface area contributed by atoms with E-state index in [-0.39, 0.29) is 5.54 Å². The molecule has 1 aliphatic carbocycles. The molecule has 0 saturated heterocycles. The van der Waals surface area contributed by atoms with Gasteiger partial charge in [-0.05, 0) is 48.5 Å². The molecule has 1 aliphatic rings. The van der Waals surface area contributed by atoms with Gasteiger partial charge in [-0.15, -0.1) is 0 Å². The molecule has 0 bridgehead atoms. The van der Waals surface area contributed by atoms with Gasteiger partial charge >= 0.3 is 0 Å². The summed E-state index contributed by atoms with van der Waals surface area (Å²) < 4.78 is 3.15. The molecule has 4 heteroatoms. The van der Waals surface area contributed by atoms with Crippen LogP contribution in [0.2, 0.25) is 0 Å². The Hall–Kier alpha value is -0.350. The van der Waals surface area contributed by atoms with Crippen LogP contribution < -0.4 is 5.73 Å². The fraction of sp³-hybridized carbons (Fsp3) is 0.700. The molecule has 1 aromatic heterocycles. The highest BCUT2D eigenvalue weighted by Gasteiger charge is 2.37. The highest BCUT2D eigenvalue weighted by molar-refractivity contribution is 9.10. The van der Waals surface area contributed by atoms with Gasteiger partial charge < -0.3 is 5.73 Å². The van der Waals surface area contributed by atoms with Crippen molar-refractivity contribution in [3.05, 3.63) is 16.4 Å². The van der Waals surface area contributed by atoms with E-state index in [4.69, 9.17) is 5.73 Å². The van der Waals surface area contributed by atoms with Crippen LogP contribution in [0.4, 0.5) is 0 Å². The van der Waals surface area contributed by atoms with Crippen LogP contribution in [0.1, 0.15) is 31.9 Å². The predicted octanol–water partition coefficient (Wildman–Crippen LogP) is 2.09. The molecule has 1 heterocycles. The van der Waals surface area contributed by atoms with Crippen molar-refractivity contribution in [3.63, 3.8) is 0 Å². The average Bonchev–Trinajstić information content (AvgIpc) is 2.78. The Labute approximate surface area is 92.8 Å². The molecule has 0 aromatic carbocycles. The third kappa shape index (κ3) is 2.01. The number of nitrogens with zero attached hydrogens (tertiary/aromatic N) is 2. The van der Waals surface area contributed by atoms with E-state index < -0.39 is 0 Å². The molecule has 2 N–H and O–H groups in total. The van der Waals surface area contributed by atoms with Gasteiger partial charge in [0, 0.05) is 12.1 Å². The van der Waals surface area contributed by atoms with Crippen LogP contribution in [0.5, 0.6) is 0 Å². The van der Waals surface area contributed by atoms with Crippen LogP contribution in [0.25, 0.3) is 0 Å². The number of hydrogen-bond donors (Lipinski definition) is 1. The smallest absolute Gasteiger partial charge is 0.0635 e. The van der Waals surface area contributed by atoms with E-state index in [0.29, 0.717) is 0 Å². The van der Waals surface area contributed by atoms with Crippen LogP contribution in [0.15, 0.2) is 10.7 Å². The zero-order chi connectivity index (χ0) is 10.2. The van der Waals surface area contributed by atoms with Crippen LogP contribution >= 0.6 is 15.9 Å². The molecular formula is C10H16BrN3. The topological polar surface area (TPSA) is 43.8 Å². The molecule has 0 spiro atoms. The fourth-order valence-corrected chi connectivity index (χ4v) is 2.18. The minimum atomic E-state index is 0.141. The van der Waals surface area contributed by atoms with E-state index in [1.807, 2.05) is 10.9 Å². The van der Waals surface area contributed by atoms with Crippen molar-refractivity contribution < 1.29 is 0 Å². The van der Waals surface area contributed by atoms with Gasteiger partial charge in [-0.3, -0.25) is 4.68 Å². The lowest BCUT2D eigenvalue weighted by Gasteiger charge is -2.09. The first-order chi connectivity index (χ1) is 6.64. The standard InChI is InChI=1S/C10H16BrN3/c1-2-14-9(8(11)7-13-14)3-4-10(12)5-6-10/h7H,2-6,12H2,1H3. The van der Waals surface area contributed by atoms with Crippen molar-refractivity contribution in [2.45, 2.75) is 44.7 Å². The first-order valence-electron chi connectivity index (χ1n) is 5.14. The average molecular weight is 258 g/mol. The van der Waals surface area contributed by atoms with Crippen LogP contribution in [0.3, 0.4) is 0 Å². The highest BCUT2D eigenvalue weighted by Crippen LogP contribution is 2.37. The van der Waals surface area contributed by atoms with Crippen molar-refractivity contribution in [1.29, 1.82) is 0 Å². The van der Waals surface area contributed by atoms with E-state index in [2.05, 4.69) is 28.0 Å². The fourth-order valence-electron chi connectivity index (χ4n) is 1.69. The second-order valence-corrected chi connectivity index (χ2v) is 4.97. The third-order valence-corrected chi connectivity index (χ3v) is 3.61. The summed E-state index contributed by atoms with van der Waals surface area (Å²) >= 11 is 3.52. The molecule has 0 aliphatic heterocycles. The van der Waals surface area contributed by atoms with Crippen molar-refractivity contribution in [2.75, 3.05) is 0 Å². The SMILES string of the molecule is CCn1ncc(Br)c1CCC1(N)CC1. The summed E-state index contributed by atoms with van der Waals surface area (Å²) in [7, 11) is 0. The molecule has 14 heavy (non-hydrogen) atoms. The van der Waals surface area contributed by atoms with Gasteiger partial charge in [-0.1, -0.05) is 0 Å². The Morgan fingerprint density at radius 1 is 1.64 bits per heavy atom. The summed E-state index contributed by atoms with van der Waals surface area (Å²) in [4.78, 5) is 0. The Bertz CT molecular complexity index is 328. The zero-order valence-corrected chi connectivity index (χ0v) is 10.0. The first-order valence-corrected chi connectivity index (χ1v) is 5.93. The number of aryl methyl sites for hydroxylation is 1. The molecule has 2 rings (SSSR count). The molecule has 0 amide bonds. The zero-order valence-electron chi connectivity index (χ0n) is 8.46. The quantitative estimate of drug-likeness (QED) is 0.898. The summed E-state index contributed by atoms with van der Waals surface area (Å²) in [6, 6.07) is 0. The molecule has 3 nitrogen and oxygen atoms in total. The predicted molar refractivity (Wildman–Crippen MR) is 60.1 cm³/mol. The van der Waals surface area contributed by atoms with Crippen molar-refractivity contribution >= 4 is 15.9 Å². The maximum absolute atomic E-state index is 6.06. The van der Waals surface area contributed by atoms with Crippen LogP contribution in [0, 0.1) is 0 Å². The van der Waals surface area contributed by atoms with E-state index >= 15 is 0 Å². The molecule has 78 valence electrons. The van der Waals surface area contributed by atoms with Gasteiger partial charge in [0.25, 0.3) is 0 Å². The third-order valence-electron chi connectivity index (χ3n) is 2.95. The maximum Gasteiger partial charge on any atom is 0.0635 e. The van der Waals surface area contributed by atoms with Gasteiger partial charge in [0.05, 0.1) is 16.4 Å². The Morgan fingerprint density at radius 2 is 2.36 bits per heavy atom. The lowest BCUT2D eigenvalue weighted by molar-refractivity contribution is 0.560. The number of rotatable bonds is 4. The van der Waals surface area contributed by atoms with Crippen molar-refractivity contribution in [1.82, 2.24) is 9.78 Å². The largest absolute Gasteiger partial charge is 0.325 e. The monoisotopic (exact) mass is 257 g/mol. The molecule has 0 atom stereocenters. The molecular weight excluding hydrogens is 242 g/mol. The maximum atomic E-state index is 6.06. The van der Waals surface area contributed by atoms with Crippen LogP contribution in [-0.2, 0) is 13.0 Å². The molecule has 1 saturated carbocycles. The number of nitrogens with two attached hydrogens (primary N) is 1. The Balaban J connectivity index is 2.03. The summed E-state index contributed by atoms with van der Waals surface area (Å²) in [6.07, 6.45) is 6.35. The molecule has 1 aromatic rings. The van der Waals surface area contributed by atoms with E-state index in [1.54, 1.807) is 0 Å². The normalized spacial score (nSPS) is 18.5. The van der Waals surface area contributed by atoms with Crippen molar-refractivity contribution in [3.8, 4) is 0 Å². The second kappa shape index (κ2) is 3.66. The van der Waals surface area contributed by atoms with Gasteiger partial charge in [0.1, 0.15) is 0 Å². The Morgan fingerprint density at radius 3 is 2.93 bits per heavy atom. The molecule has 1 fully saturated rings. The lowest BCUT2D eigenvalue weighted by atomic mass is 10.1. The van der Waals surface area contributed by atoms with Gasteiger partial charge in [-0.25, -0.2) is 0 Å². The summed E-state index contributed by atoms with van der Waals surface area (Å²) in [6.45, 7) is 3.04. The first kappa shape index (κ1) is 10.2. The lowest BCUT2D eigenvalue weighted by Crippen LogP contribution is -2.22. The Kier molecular flexibility index (Phi) is 2.66. The van der Waals surface area contributed by atoms with Crippen LogP contribution in [-0.4, -0.2) is 15.3 Å². The van der Waals surface area contributed by atoms with Gasteiger partial charge in [0.2, 0.25) is 0 Å². The summed E-state index contributed by atoms with van der Waals surface area (Å²) in [5.41, 5.74) is 7.48. The minimum Gasteiger partial charge on any atom is -0.325 e. The highest BCUT2D eigenvalue weighted by atomic mass is 79.9. The number of halogens is 1. The molecule has 0 unspecified atom stereocenters. The number of hydrogen-bond acceptors (Lipinski definition) is 2. The summed E-state index contributed by atoms with van der Waals surface area (Å²) in [5.74, 6) is 0. The van der Waals surface area contributed by atoms with Gasteiger partial charge in [-0.2, -0.15) is 5.10 Å².